The highest BCUT2D eigenvalue weighted by Gasteiger charge is 2.27. The molecule has 0 bridgehead atoms. The lowest BCUT2D eigenvalue weighted by Crippen LogP contribution is -2.45. The minimum atomic E-state index is -0.825. The van der Waals surface area contributed by atoms with Crippen molar-refractivity contribution in [2.24, 2.45) is 5.92 Å². The predicted molar refractivity (Wildman–Crippen MR) is 106 cm³/mol. The molecule has 0 aliphatic carbocycles. The van der Waals surface area contributed by atoms with Crippen LogP contribution in [-0.4, -0.2) is 30.4 Å². The molecule has 1 heterocycles. The number of carbonyl (C=O) groups excluding carboxylic acids is 3. The van der Waals surface area contributed by atoms with E-state index in [1.165, 1.54) is 11.3 Å². The van der Waals surface area contributed by atoms with Crippen molar-refractivity contribution in [3.8, 4) is 0 Å². The summed E-state index contributed by atoms with van der Waals surface area (Å²) in [7, 11) is 0. The van der Waals surface area contributed by atoms with E-state index >= 15 is 0 Å². The second kappa shape index (κ2) is 9.32. The van der Waals surface area contributed by atoms with E-state index in [-0.39, 0.29) is 11.8 Å². The van der Waals surface area contributed by atoms with E-state index in [2.05, 4.69) is 10.6 Å². The lowest BCUT2D eigenvalue weighted by atomic mass is 10.0. The van der Waals surface area contributed by atoms with Crippen LogP contribution in [0.2, 0.25) is 0 Å². The number of nitrogens with one attached hydrogen (secondary N) is 2. The molecule has 2 rings (SSSR count). The number of benzene rings is 1. The van der Waals surface area contributed by atoms with E-state index in [0.717, 1.165) is 11.1 Å². The van der Waals surface area contributed by atoms with Gasteiger partial charge in [0.2, 0.25) is 0 Å². The smallest absolute Gasteiger partial charge is 0.329 e. The molecule has 0 saturated carbocycles. The lowest BCUT2D eigenvalue weighted by molar-refractivity contribution is -0.150. The molecule has 27 heavy (non-hydrogen) atoms. The van der Waals surface area contributed by atoms with Gasteiger partial charge in [-0.05, 0) is 54.5 Å². The van der Waals surface area contributed by atoms with Gasteiger partial charge in [-0.25, -0.2) is 4.79 Å². The summed E-state index contributed by atoms with van der Waals surface area (Å²) in [5.74, 6) is -1.58. The van der Waals surface area contributed by atoms with E-state index in [0.29, 0.717) is 10.6 Å². The maximum Gasteiger partial charge on any atom is 0.329 e. The molecule has 2 aromatic rings. The van der Waals surface area contributed by atoms with Crippen LogP contribution in [0.4, 0.5) is 5.69 Å². The zero-order valence-corrected chi connectivity index (χ0v) is 16.7. The van der Waals surface area contributed by atoms with Gasteiger partial charge in [0, 0.05) is 5.69 Å². The first-order valence-electron chi connectivity index (χ1n) is 8.66. The summed E-state index contributed by atoms with van der Waals surface area (Å²) in [6, 6.07) is 8.17. The lowest BCUT2D eigenvalue weighted by Gasteiger charge is -2.20. The molecule has 0 radical (unpaired) electrons. The molecular formula is C20H24N2O4S. The van der Waals surface area contributed by atoms with Gasteiger partial charge in [-0.2, -0.15) is 0 Å². The largest absolute Gasteiger partial charge is 0.454 e. The number of amides is 2. The Kier molecular flexibility index (Phi) is 7.12. The van der Waals surface area contributed by atoms with Crippen LogP contribution in [0.3, 0.4) is 0 Å². The Labute approximate surface area is 162 Å². The summed E-state index contributed by atoms with van der Waals surface area (Å²) in [5.41, 5.74) is 2.83. The van der Waals surface area contributed by atoms with Gasteiger partial charge in [-0.1, -0.05) is 26.0 Å². The van der Waals surface area contributed by atoms with E-state index in [1.807, 2.05) is 26.0 Å². The molecule has 0 aliphatic heterocycles. The minimum Gasteiger partial charge on any atom is -0.454 e. The number of esters is 1. The molecule has 0 fully saturated rings. The van der Waals surface area contributed by atoms with Crippen molar-refractivity contribution in [1.29, 1.82) is 0 Å². The van der Waals surface area contributed by atoms with Crippen molar-refractivity contribution < 1.29 is 19.1 Å². The first-order chi connectivity index (χ1) is 12.8. The van der Waals surface area contributed by atoms with E-state index < -0.39 is 24.5 Å². The number of hydrogen-bond acceptors (Lipinski definition) is 5. The fraction of sp³-hybridized carbons (Fsp3) is 0.350. The first-order valence-corrected chi connectivity index (χ1v) is 9.54. The molecule has 144 valence electrons. The highest BCUT2D eigenvalue weighted by atomic mass is 32.1. The summed E-state index contributed by atoms with van der Waals surface area (Å²) in [4.78, 5) is 37.1. The molecule has 7 heteroatoms. The Bertz CT molecular complexity index is 815. The fourth-order valence-corrected chi connectivity index (χ4v) is 2.99. The second-order valence-electron chi connectivity index (χ2n) is 6.63. The van der Waals surface area contributed by atoms with Crippen LogP contribution in [0.1, 0.15) is 34.6 Å². The van der Waals surface area contributed by atoms with Crippen LogP contribution in [0.15, 0.2) is 35.7 Å². The van der Waals surface area contributed by atoms with E-state index in [9.17, 15) is 14.4 Å². The third kappa shape index (κ3) is 5.92. The zero-order valence-electron chi connectivity index (χ0n) is 15.9. The Morgan fingerprint density at radius 2 is 1.85 bits per heavy atom. The summed E-state index contributed by atoms with van der Waals surface area (Å²) >= 11 is 1.29. The van der Waals surface area contributed by atoms with Crippen LogP contribution < -0.4 is 10.6 Å². The Morgan fingerprint density at radius 1 is 1.11 bits per heavy atom. The Morgan fingerprint density at radius 3 is 2.44 bits per heavy atom. The summed E-state index contributed by atoms with van der Waals surface area (Å²) < 4.78 is 5.11. The maximum absolute atomic E-state index is 12.3. The average Bonchev–Trinajstić information content (AvgIpc) is 3.15. The molecule has 1 atom stereocenters. The van der Waals surface area contributed by atoms with E-state index in [4.69, 9.17) is 4.74 Å². The van der Waals surface area contributed by atoms with Crippen molar-refractivity contribution in [1.82, 2.24) is 5.32 Å². The molecule has 2 amide bonds. The van der Waals surface area contributed by atoms with Crippen LogP contribution in [-0.2, 0) is 14.3 Å². The molecule has 0 unspecified atom stereocenters. The zero-order chi connectivity index (χ0) is 20.0. The summed E-state index contributed by atoms with van der Waals surface area (Å²) in [6.07, 6.45) is 0. The Hall–Kier alpha value is -2.67. The van der Waals surface area contributed by atoms with E-state index in [1.54, 1.807) is 37.4 Å². The van der Waals surface area contributed by atoms with Crippen molar-refractivity contribution in [2.75, 3.05) is 11.9 Å². The highest BCUT2D eigenvalue weighted by molar-refractivity contribution is 7.12. The molecule has 2 N–H and O–H groups in total. The van der Waals surface area contributed by atoms with Gasteiger partial charge in [-0.3, -0.25) is 9.59 Å². The van der Waals surface area contributed by atoms with Gasteiger partial charge >= 0.3 is 5.97 Å². The van der Waals surface area contributed by atoms with Gasteiger partial charge in [0.1, 0.15) is 6.04 Å². The quantitative estimate of drug-likeness (QED) is 0.713. The standard InChI is InChI=1S/C20H24N2O4S/c1-12(2)18(22-19(24)16-6-5-9-27-16)20(25)26-11-17(23)21-15-8-7-13(3)14(4)10-15/h5-10,12,18H,11H2,1-4H3,(H,21,23)(H,22,24)/t18-/m0/s1. The van der Waals surface area contributed by atoms with Crippen LogP contribution >= 0.6 is 11.3 Å². The number of carbonyl (C=O) groups is 3. The van der Waals surface area contributed by atoms with Gasteiger partial charge < -0.3 is 15.4 Å². The monoisotopic (exact) mass is 388 g/mol. The third-order valence-electron chi connectivity index (χ3n) is 4.09. The van der Waals surface area contributed by atoms with Crippen LogP contribution in [0, 0.1) is 19.8 Å². The molecule has 0 saturated heterocycles. The van der Waals surface area contributed by atoms with Crippen LogP contribution in [0.5, 0.6) is 0 Å². The molecule has 0 aliphatic rings. The van der Waals surface area contributed by atoms with Gasteiger partial charge in [0.15, 0.2) is 6.61 Å². The third-order valence-corrected chi connectivity index (χ3v) is 4.96. The first kappa shape index (κ1) is 20.6. The number of ether oxygens (including phenoxy) is 1. The molecule has 6 nitrogen and oxygen atoms in total. The number of rotatable bonds is 7. The number of hydrogen-bond donors (Lipinski definition) is 2. The average molecular weight is 388 g/mol. The normalized spacial score (nSPS) is 11.7. The topological polar surface area (TPSA) is 84.5 Å². The van der Waals surface area contributed by atoms with Crippen molar-refractivity contribution in [2.45, 2.75) is 33.7 Å². The van der Waals surface area contributed by atoms with Crippen molar-refractivity contribution >= 4 is 34.8 Å². The number of thiophene rings is 1. The van der Waals surface area contributed by atoms with Gasteiger partial charge in [-0.15, -0.1) is 11.3 Å². The summed E-state index contributed by atoms with van der Waals surface area (Å²) in [6.45, 7) is 7.13. The second-order valence-corrected chi connectivity index (χ2v) is 7.58. The minimum absolute atomic E-state index is 0.177. The predicted octanol–water partition coefficient (Wildman–Crippen LogP) is 3.30. The number of aryl methyl sites for hydroxylation is 2. The molecule has 1 aromatic carbocycles. The van der Waals surface area contributed by atoms with Crippen molar-refractivity contribution in [3.63, 3.8) is 0 Å². The summed E-state index contributed by atoms with van der Waals surface area (Å²) in [5, 5.41) is 7.15. The van der Waals surface area contributed by atoms with Gasteiger partial charge in [0.25, 0.3) is 11.8 Å². The maximum atomic E-state index is 12.3. The molecule has 1 aromatic heterocycles. The van der Waals surface area contributed by atoms with Crippen LogP contribution in [0.25, 0.3) is 0 Å². The molecule has 0 spiro atoms. The number of anilines is 1. The SMILES string of the molecule is Cc1ccc(NC(=O)COC(=O)[C@@H](NC(=O)c2cccs2)C(C)C)cc1C. The molecular weight excluding hydrogens is 364 g/mol. The van der Waals surface area contributed by atoms with Gasteiger partial charge in [0.05, 0.1) is 4.88 Å². The Balaban J connectivity index is 1.89. The fourth-order valence-electron chi connectivity index (χ4n) is 2.36. The van der Waals surface area contributed by atoms with Crippen molar-refractivity contribution in [3.05, 3.63) is 51.7 Å². The highest BCUT2D eigenvalue weighted by Crippen LogP contribution is 2.14.